The van der Waals surface area contributed by atoms with Crippen molar-refractivity contribution >= 4 is 11.7 Å². The van der Waals surface area contributed by atoms with Crippen molar-refractivity contribution in [3.63, 3.8) is 0 Å². The molecule has 0 aromatic carbocycles. The summed E-state index contributed by atoms with van der Waals surface area (Å²) in [4.78, 5) is 12.0. The molecule has 1 aliphatic carbocycles. The van der Waals surface area contributed by atoms with Crippen LogP contribution in [0.2, 0.25) is 0 Å². The van der Waals surface area contributed by atoms with E-state index in [1.165, 1.54) is 0 Å². The van der Waals surface area contributed by atoms with Gasteiger partial charge >= 0.3 is 5.97 Å². The molecule has 1 aromatic heterocycles. The largest absolute Gasteiger partial charge is 0.459 e. The lowest BCUT2D eigenvalue weighted by Gasteiger charge is -2.09. The van der Waals surface area contributed by atoms with E-state index in [4.69, 9.17) is 15.2 Å². The average Bonchev–Trinajstić information content (AvgIpc) is 3.16. The highest BCUT2D eigenvalue weighted by Crippen LogP contribution is 2.37. The first-order chi connectivity index (χ1) is 9.58. The predicted molar refractivity (Wildman–Crippen MR) is 77.7 cm³/mol. The Labute approximate surface area is 120 Å². The van der Waals surface area contributed by atoms with E-state index in [2.05, 4.69) is 13.8 Å². The molecule has 1 fully saturated rings. The average molecular weight is 280 g/mol. The lowest BCUT2D eigenvalue weighted by atomic mass is 10.1. The Hall–Kier alpha value is -1.49. The Morgan fingerprint density at radius 3 is 2.80 bits per heavy atom. The zero-order valence-electron chi connectivity index (χ0n) is 12.3. The van der Waals surface area contributed by atoms with E-state index in [0.29, 0.717) is 36.6 Å². The van der Waals surface area contributed by atoms with Gasteiger partial charge in [0.25, 0.3) is 0 Å². The van der Waals surface area contributed by atoms with Gasteiger partial charge in [-0.1, -0.05) is 13.8 Å². The number of anilines is 1. The Morgan fingerprint density at radius 2 is 2.15 bits per heavy atom. The zero-order valence-corrected chi connectivity index (χ0v) is 12.3. The van der Waals surface area contributed by atoms with Crippen molar-refractivity contribution in [1.82, 2.24) is 4.57 Å². The van der Waals surface area contributed by atoms with Gasteiger partial charge < -0.3 is 19.8 Å². The van der Waals surface area contributed by atoms with Gasteiger partial charge in [0.15, 0.2) is 0 Å². The van der Waals surface area contributed by atoms with Crippen LogP contribution in [0.3, 0.4) is 0 Å². The Morgan fingerprint density at radius 1 is 1.40 bits per heavy atom. The van der Waals surface area contributed by atoms with Crippen LogP contribution in [0.4, 0.5) is 5.69 Å². The quantitative estimate of drug-likeness (QED) is 0.587. The first-order valence-electron chi connectivity index (χ1n) is 7.30. The van der Waals surface area contributed by atoms with Crippen LogP contribution in [0.25, 0.3) is 0 Å². The van der Waals surface area contributed by atoms with Gasteiger partial charge in [0.1, 0.15) is 12.3 Å². The topological polar surface area (TPSA) is 66.5 Å². The fourth-order valence-electron chi connectivity index (χ4n) is 2.01. The van der Waals surface area contributed by atoms with Crippen LogP contribution in [-0.4, -0.2) is 30.4 Å². The van der Waals surface area contributed by atoms with E-state index in [1.807, 2.05) is 10.8 Å². The van der Waals surface area contributed by atoms with Gasteiger partial charge in [-0.25, -0.2) is 4.79 Å². The summed E-state index contributed by atoms with van der Waals surface area (Å²) < 4.78 is 12.6. The van der Waals surface area contributed by atoms with Gasteiger partial charge in [-0.15, -0.1) is 0 Å². The molecule has 1 aliphatic rings. The molecule has 0 spiro atoms. The molecule has 20 heavy (non-hydrogen) atoms. The van der Waals surface area contributed by atoms with Crippen LogP contribution in [0.5, 0.6) is 0 Å². The van der Waals surface area contributed by atoms with Crippen molar-refractivity contribution in [3.05, 3.63) is 18.0 Å². The van der Waals surface area contributed by atoms with Crippen LogP contribution in [0.1, 0.15) is 49.6 Å². The first-order valence-corrected chi connectivity index (χ1v) is 7.30. The number of carbonyl (C=O) groups is 1. The molecule has 1 heterocycles. The maximum Gasteiger partial charge on any atom is 0.355 e. The van der Waals surface area contributed by atoms with Gasteiger partial charge in [-0.3, -0.25) is 0 Å². The van der Waals surface area contributed by atoms with Crippen molar-refractivity contribution in [2.24, 2.45) is 5.92 Å². The Bertz CT molecular complexity index is 450. The molecule has 1 aromatic rings. The number of nitrogens with two attached hydrogens (primary N) is 1. The summed E-state index contributed by atoms with van der Waals surface area (Å²) in [5.74, 6) is 0.309. The fraction of sp³-hybridized carbons (Fsp3) is 0.667. The highest BCUT2D eigenvalue weighted by molar-refractivity contribution is 5.89. The van der Waals surface area contributed by atoms with Crippen LogP contribution >= 0.6 is 0 Å². The second kappa shape index (κ2) is 6.79. The molecule has 1 saturated carbocycles. The summed E-state index contributed by atoms with van der Waals surface area (Å²) in [6.45, 7) is 5.74. The maximum atomic E-state index is 12.0. The molecule has 0 bridgehead atoms. The number of hydrogen-bond donors (Lipinski definition) is 1. The zero-order chi connectivity index (χ0) is 14.5. The molecule has 2 N–H and O–H groups in total. The predicted octanol–water partition coefficient (Wildman–Crippen LogP) is 2.62. The molecule has 0 saturated heterocycles. The molecule has 5 heteroatoms. The summed E-state index contributed by atoms with van der Waals surface area (Å²) in [5.41, 5.74) is 6.91. The smallest absolute Gasteiger partial charge is 0.355 e. The molecule has 112 valence electrons. The summed E-state index contributed by atoms with van der Waals surface area (Å²) in [7, 11) is 0. The molecular weight excluding hydrogens is 256 g/mol. The fourth-order valence-corrected chi connectivity index (χ4v) is 2.01. The van der Waals surface area contributed by atoms with Crippen molar-refractivity contribution in [3.8, 4) is 0 Å². The minimum absolute atomic E-state index is 0.284. The van der Waals surface area contributed by atoms with Crippen LogP contribution in [0, 0.1) is 5.92 Å². The third-order valence-electron chi connectivity index (χ3n) is 3.32. The maximum absolute atomic E-state index is 12.0. The molecule has 0 amide bonds. The van der Waals surface area contributed by atoms with E-state index in [-0.39, 0.29) is 12.6 Å². The summed E-state index contributed by atoms with van der Waals surface area (Å²) >= 11 is 0. The van der Waals surface area contributed by atoms with Gasteiger partial charge in [-0.05, 0) is 31.2 Å². The van der Waals surface area contributed by atoms with E-state index in [9.17, 15) is 4.79 Å². The number of hydrogen-bond acceptors (Lipinski definition) is 4. The first kappa shape index (κ1) is 14.9. The van der Waals surface area contributed by atoms with Crippen molar-refractivity contribution in [2.75, 3.05) is 25.6 Å². The molecule has 5 nitrogen and oxygen atoms in total. The lowest BCUT2D eigenvalue weighted by molar-refractivity contribution is 0.0293. The highest BCUT2D eigenvalue weighted by Gasteiger charge is 2.28. The van der Waals surface area contributed by atoms with Gasteiger partial charge in [-0.2, -0.15) is 0 Å². The van der Waals surface area contributed by atoms with E-state index in [0.717, 1.165) is 19.3 Å². The van der Waals surface area contributed by atoms with Crippen LogP contribution in [0.15, 0.2) is 12.3 Å². The van der Waals surface area contributed by atoms with Crippen molar-refractivity contribution in [2.45, 2.75) is 39.2 Å². The Kier molecular flexibility index (Phi) is 5.06. The minimum Gasteiger partial charge on any atom is -0.459 e. The number of nitrogens with zero attached hydrogens (tertiary/aromatic N) is 1. The molecule has 0 aliphatic heterocycles. The number of esters is 1. The normalized spacial score (nSPS) is 14.8. The van der Waals surface area contributed by atoms with Crippen LogP contribution < -0.4 is 5.73 Å². The van der Waals surface area contributed by atoms with Crippen molar-refractivity contribution in [1.29, 1.82) is 0 Å². The molecule has 0 radical (unpaired) electrons. The van der Waals surface area contributed by atoms with E-state index < -0.39 is 0 Å². The lowest BCUT2D eigenvalue weighted by Crippen LogP contribution is -2.15. The monoisotopic (exact) mass is 280 g/mol. The SMILES string of the molecule is CC(C)CCOCCOC(=O)c1cc(N)cn1C1CC1. The second-order valence-corrected chi connectivity index (χ2v) is 5.73. The molecule has 0 unspecified atom stereocenters. The second-order valence-electron chi connectivity index (χ2n) is 5.73. The number of carbonyl (C=O) groups excluding carboxylic acids is 1. The van der Waals surface area contributed by atoms with Crippen LogP contribution in [-0.2, 0) is 9.47 Å². The van der Waals surface area contributed by atoms with Gasteiger partial charge in [0.05, 0.1) is 12.3 Å². The minimum atomic E-state index is -0.318. The third-order valence-corrected chi connectivity index (χ3v) is 3.32. The van der Waals surface area contributed by atoms with Crippen molar-refractivity contribution < 1.29 is 14.3 Å². The highest BCUT2D eigenvalue weighted by atomic mass is 16.6. The van der Waals surface area contributed by atoms with E-state index >= 15 is 0 Å². The molecular formula is C15H24N2O3. The molecule has 2 rings (SSSR count). The summed E-state index contributed by atoms with van der Waals surface area (Å²) in [5, 5.41) is 0. The number of nitrogen functional groups attached to an aromatic ring is 1. The molecule has 0 atom stereocenters. The number of aromatic nitrogens is 1. The standard InChI is InChI=1S/C15H24N2O3/c1-11(2)5-6-19-7-8-20-15(18)14-9-12(16)10-17(14)13-3-4-13/h9-11,13H,3-8,16H2,1-2H3. The summed E-state index contributed by atoms with van der Waals surface area (Å²) in [6.07, 6.45) is 5.04. The van der Waals surface area contributed by atoms with Gasteiger partial charge in [0, 0.05) is 18.8 Å². The van der Waals surface area contributed by atoms with Gasteiger partial charge in [0.2, 0.25) is 0 Å². The number of rotatable bonds is 8. The third kappa shape index (κ3) is 4.27. The van der Waals surface area contributed by atoms with E-state index in [1.54, 1.807) is 6.07 Å². The Balaban J connectivity index is 1.72. The number of ether oxygens (including phenoxy) is 2. The summed E-state index contributed by atoms with van der Waals surface area (Å²) in [6, 6.07) is 2.09.